The van der Waals surface area contributed by atoms with Crippen molar-refractivity contribution in [2.24, 2.45) is 5.92 Å². The third kappa shape index (κ3) is 4.85. The topological polar surface area (TPSA) is 32.3 Å². The molecule has 0 radical (unpaired) electrons. The maximum atomic E-state index is 13.1. The first-order valence-corrected chi connectivity index (χ1v) is 7.34. The largest absolute Gasteiger partial charge is 0.344 e. The minimum absolute atomic E-state index is 0. The molecule has 1 unspecified atom stereocenters. The van der Waals surface area contributed by atoms with E-state index in [1.54, 1.807) is 11.9 Å². The average Bonchev–Trinajstić information content (AvgIpc) is 2.76. The molecule has 1 heterocycles. The summed E-state index contributed by atoms with van der Waals surface area (Å²) in [6.45, 7) is 0.313. The molecule has 2 fully saturated rings. The molecule has 0 bridgehead atoms. The highest BCUT2D eigenvalue weighted by Gasteiger charge is 2.43. The molecule has 6 heteroatoms. The normalized spacial score (nSPS) is 26.1. The highest BCUT2D eigenvalue weighted by Crippen LogP contribution is 2.28. The molecule has 0 aromatic heterocycles. The lowest BCUT2D eigenvalue weighted by molar-refractivity contribution is -0.132. The van der Waals surface area contributed by atoms with Crippen LogP contribution in [0.3, 0.4) is 0 Å². The van der Waals surface area contributed by atoms with Crippen molar-refractivity contribution in [2.45, 2.75) is 56.9 Å². The minimum atomic E-state index is -2.73. The van der Waals surface area contributed by atoms with E-state index in [4.69, 9.17) is 0 Å². The van der Waals surface area contributed by atoms with Gasteiger partial charge in [-0.2, -0.15) is 0 Å². The summed E-state index contributed by atoms with van der Waals surface area (Å²) < 4.78 is 26.1. The van der Waals surface area contributed by atoms with Crippen molar-refractivity contribution in [3.63, 3.8) is 0 Å². The zero-order valence-electron chi connectivity index (χ0n) is 12.0. The van der Waals surface area contributed by atoms with Crippen molar-refractivity contribution < 1.29 is 13.6 Å². The van der Waals surface area contributed by atoms with Gasteiger partial charge in [-0.15, -0.1) is 12.4 Å². The molecule has 1 saturated carbocycles. The van der Waals surface area contributed by atoms with Crippen LogP contribution in [0, 0.1) is 5.92 Å². The van der Waals surface area contributed by atoms with Crippen molar-refractivity contribution in [3.05, 3.63) is 0 Å². The van der Waals surface area contributed by atoms with Gasteiger partial charge in [-0.1, -0.05) is 32.1 Å². The van der Waals surface area contributed by atoms with Crippen LogP contribution in [0.15, 0.2) is 0 Å². The predicted octanol–water partition coefficient (Wildman–Crippen LogP) is 2.83. The molecule has 1 aliphatic heterocycles. The number of likely N-dealkylation sites (N-methyl/N-ethyl adjacent to an activating group) is 1. The number of alkyl halides is 2. The average molecular weight is 311 g/mol. The quantitative estimate of drug-likeness (QED) is 0.866. The van der Waals surface area contributed by atoms with Crippen LogP contribution in [0.4, 0.5) is 8.78 Å². The fraction of sp³-hybridized carbons (Fsp3) is 0.929. The molecular weight excluding hydrogens is 286 g/mol. The van der Waals surface area contributed by atoms with E-state index in [0.717, 1.165) is 6.42 Å². The van der Waals surface area contributed by atoms with E-state index in [1.807, 2.05) is 0 Å². The van der Waals surface area contributed by atoms with E-state index in [2.05, 4.69) is 5.32 Å². The summed E-state index contributed by atoms with van der Waals surface area (Å²) >= 11 is 0. The molecule has 1 saturated heterocycles. The molecule has 1 N–H and O–H groups in total. The number of halogens is 3. The second-order valence-corrected chi connectivity index (χ2v) is 6.05. The Hall–Kier alpha value is -0.420. The summed E-state index contributed by atoms with van der Waals surface area (Å²) in [6.07, 6.45) is 7.05. The van der Waals surface area contributed by atoms with E-state index in [-0.39, 0.29) is 31.3 Å². The fourth-order valence-corrected chi connectivity index (χ4v) is 3.12. The lowest BCUT2D eigenvalue weighted by Gasteiger charge is -2.26. The number of nitrogens with one attached hydrogen (secondary N) is 1. The van der Waals surface area contributed by atoms with Crippen LogP contribution in [-0.2, 0) is 4.79 Å². The molecule has 0 aromatic rings. The molecule has 0 aromatic carbocycles. The second-order valence-electron chi connectivity index (χ2n) is 6.05. The van der Waals surface area contributed by atoms with E-state index in [9.17, 15) is 13.6 Å². The number of hydrogen-bond donors (Lipinski definition) is 1. The van der Waals surface area contributed by atoms with Gasteiger partial charge in [0.05, 0.1) is 12.6 Å². The van der Waals surface area contributed by atoms with E-state index in [1.165, 1.54) is 32.1 Å². The van der Waals surface area contributed by atoms with Crippen LogP contribution in [0.5, 0.6) is 0 Å². The van der Waals surface area contributed by atoms with E-state index >= 15 is 0 Å². The molecule has 0 spiro atoms. The number of hydrogen-bond acceptors (Lipinski definition) is 2. The molecule has 20 heavy (non-hydrogen) atoms. The lowest BCUT2D eigenvalue weighted by Crippen LogP contribution is -2.42. The minimum Gasteiger partial charge on any atom is -0.344 e. The molecule has 118 valence electrons. The first-order valence-electron chi connectivity index (χ1n) is 7.34. The van der Waals surface area contributed by atoms with Crippen LogP contribution in [0.1, 0.15) is 44.9 Å². The Labute approximate surface area is 125 Å². The van der Waals surface area contributed by atoms with Gasteiger partial charge in [0.25, 0.3) is 5.92 Å². The predicted molar refractivity (Wildman–Crippen MR) is 77.4 cm³/mol. The van der Waals surface area contributed by atoms with Crippen LogP contribution in [0.2, 0.25) is 0 Å². The van der Waals surface area contributed by atoms with E-state index in [0.29, 0.717) is 12.5 Å². The number of nitrogens with zero attached hydrogens (tertiary/aromatic N) is 1. The third-order valence-corrected chi connectivity index (χ3v) is 4.38. The summed E-state index contributed by atoms with van der Waals surface area (Å²) in [5, 5.41) is 2.62. The maximum Gasteiger partial charge on any atom is 0.262 e. The third-order valence-electron chi connectivity index (χ3n) is 4.38. The Morgan fingerprint density at radius 1 is 1.30 bits per heavy atom. The van der Waals surface area contributed by atoms with Gasteiger partial charge in [0.1, 0.15) is 0 Å². The summed E-state index contributed by atoms with van der Waals surface area (Å²) in [6, 6.07) is -0.702. The Balaban J connectivity index is 0.00000200. The zero-order chi connectivity index (χ0) is 13.9. The Bertz CT molecular complexity index is 322. The summed E-state index contributed by atoms with van der Waals surface area (Å²) in [5.74, 6) is -2.21. The SMILES string of the molecule is CN(CCC1CCCCC1)C(=O)C1CC(F)(F)CN1.Cl. The van der Waals surface area contributed by atoms with Gasteiger partial charge in [-0.25, -0.2) is 8.78 Å². The summed E-state index contributed by atoms with van der Waals surface area (Å²) in [5.41, 5.74) is 0. The molecule has 3 nitrogen and oxygen atoms in total. The number of carbonyl (C=O) groups is 1. The zero-order valence-corrected chi connectivity index (χ0v) is 12.9. The van der Waals surface area contributed by atoms with Gasteiger partial charge in [0, 0.05) is 20.0 Å². The van der Waals surface area contributed by atoms with Gasteiger partial charge >= 0.3 is 0 Å². The first kappa shape index (κ1) is 17.6. The second kappa shape index (κ2) is 7.55. The van der Waals surface area contributed by atoms with Gasteiger partial charge in [0.2, 0.25) is 5.91 Å². The van der Waals surface area contributed by atoms with Gasteiger partial charge in [-0.3, -0.25) is 10.1 Å². The maximum absolute atomic E-state index is 13.1. The van der Waals surface area contributed by atoms with Crippen molar-refractivity contribution in [2.75, 3.05) is 20.1 Å². The van der Waals surface area contributed by atoms with Gasteiger partial charge in [-0.05, 0) is 12.3 Å². The van der Waals surface area contributed by atoms with Crippen molar-refractivity contribution >= 4 is 18.3 Å². The monoisotopic (exact) mass is 310 g/mol. The first-order chi connectivity index (χ1) is 8.98. The lowest BCUT2D eigenvalue weighted by atomic mass is 9.87. The van der Waals surface area contributed by atoms with Crippen LogP contribution >= 0.6 is 12.4 Å². The van der Waals surface area contributed by atoms with Crippen molar-refractivity contribution in [1.29, 1.82) is 0 Å². The number of amides is 1. The smallest absolute Gasteiger partial charge is 0.262 e. The summed E-state index contributed by atoms with van der Waals surface area (Å²) in [4.78, 5) is 13.7. The molecule has 1 aliphatic carbocycles. The van der Waals surface area contributed by atoms with Crippen molar-refractivity contribution in [3.8, 4) is 0 Å². The number of rotatable bonds is 4. The molecular formula is C14H25ClF2N2O. The molecule has 2 rings (SSSR count). The van der Waals surface area contributed by atoms with Gasteiger partial charge < -0.3 is 4.90 Å². The van der Waals surface area contributed by atoms with Crippen LogP contribution in [-0.4, -0.2) is 42.9 Å². The Morgan fingerprint density at radius 3 is 2.50 bits per heavy atom. The highest BCUT2D eigenvalue weighted by molar-refractivity contribution is 5.85. The van der Waals surface area contributed by atoms with Crippen LogP contribution < -0.4 is 5.32 Å². The Kier molecular flexibility index (Phi) is 6.65. The highest BCUT2D eigenvalue weighted by atomic mass is 35.5. The van der Waals surface area contributed by atoms with Gasteiger partial charge in [0.15, 0.2) is 0 Å². The molecule has 1 atom stereocenters. The van der Waals surface area contributed by atoms with Crippen LogP contribution in [0.25, 0.3) is 0 Å². The van der Waals surface area contributed by atoms with Crippen molar-refractivity contribution in [1.82, 2.24) is 10.2 Å². The molecule has 1 amide bonds. The van der Waals surface area contributed by atoms with E-state index < -0.39 is 12.0 Å². The molecule has 2 aliphatic rings. The summed E-state index contributed by atoms with van der Waals surface area (Å²) in [7, 11) is 1.73. The number of carbonyl (C=O) groups excluding carboxylic acids is 1. The standard InChI is InChI=1S/C14H24F2N2O.ClH/c1-18(8-7-11-5-3-2-4-6-11)13(19)12-9-14(15,16)10-17-12;/h11-12,17H,2-10H2,1H3;1H. The fourth-order valence-electron chi connectivity index (χ4n) is 3.12. The Morgan fingerprint density at radius 2 is 1.95 bits per heavy atom.